The molecular formula is C5H3N4O. The van der Waals surface area contributed by atoms with Gasteiger partial charge in [0.25, 0.3) is 0 Å². The van der Waals surface area contributed by atoms with Gasteiger partial charge in [-0.15, -0.1) is 0 Å². The highest BCUT2D eigenvalue weighted by atomic mass is 16.3. The molecule has 0 saturated heterocycles. The van der Waals surface area contributed by atoms with Gasteiger partial charge in [0.05, 0.1) is 12.5 Å². The average Bonchev–Trinajstić information content (AvgIpc) is 2.33. The highest BCUT2D eigenvalue weighted by molar-refractivity contribution is 5.68. The zero-order valence-corrected chi connectivity index (χ0v) is 4.90. The van der Waals surface area contributed by atoms with Crippen molar-refractivity contribution < 1.29 is 5.11 Å². The van der Waals surface area contributed by atoms with E-state index < -0.39 is 6.01 Å². The lowest BCUT2D eigenvalue weighted by molar-refractivity contribution is 0.320. The summed E-state index contributed by atoms with van der Waals surface area (Å²) >= 11 is 0. The lowest BCUT2D eigenvalue weighted by atomic mass is 10.6. The van der Waals surface area contributed by atoms with Crippen molar-refractivity contribution in [1.82, 2.24) is 19.9 Å². The Kier molecular flexibility index (Phi) is 0.858. The Balaban J connectivity index is 2.86. The number of hydrogen-bond acceptors (Lipinski definition) is 3. The minimum atomic E-state index is -0.489. The second-order valence-electron chi connectivity index (χ2n) is 1.79. The quantitative estimate of drug-likeness (QED) is 0.571. The Labute approximate surface area is 55.8 Å². The maximum Gasteiger partial charge on any atom is 0.369 e. The van der Waals surface area contributed by atoms with Crippen LogP contribution in [-0.2, 0) is 5.11 Å². The topological polar surface area (TPSA) is 74.4 Å². The van der Waals surface area contributed by atoms with Gasteiger partial charge in [0.2, 0.25) is 0 Å². The third kappa shape index (κ3) is 0.604. The van der Waals surface area contributed by atoms with Crippen molar-refractivity contribution in [2.24, 2.45) is 0 Å². The van der Waals surface area contributed by atoms with Crippen LogP contribution in [0.5, 0.6) is 6.01 Å². The third-order valence-corrected chi connectivity index (χ3v) is 1.15. The van der Waals surface area contributed by atoms with E-state index in [1.54, 1.807) is 0 Å². The van der Waals surface area contributed by atoms with Gasteiger partial charge in [0, 0.05) is 0 Å². The van der Waals surface area contributed by atoms with Gasteiger partial charge in [0.1, 0.15) is 5.52 Å². The molecule has 2 rings (SSSR count). The van der Waals surface area contributed by atoms with E-state index in [9.17, 15) is 5.11 Å². The highest BCUT2D eigenvalue weighted by Crippen LogP contribution is 2.06. The fraction of sp³-hybridized carbons (Fsp3) is 0. The number of aromatic amines is 1. The maximum atomic E-state index is 10.5. The summed E-state index contributed by atoms with van der Waals surface area (Å²) < 4.78 is 0. The molecule has 0 bridgehead atoms. The van der Waals surface area contributed by atoms with Gasteiger partial charge in [-0.1, -0.05) is 0 Å². The monoisotopic (exact) mass is 135 g/mol. The second kappa shape index (κ2) is 1.66. The Morgan fingerprint density at radius 3 is 3.20 bits per heavy atom. The van der Waals surface area contributed by atoms with Crippen LogP contribution < -0.4 is 0 Å². The van der Waals surface area contributed by atoms with E-state index in [-0.39, 0.29) is 0 Å². The summed E-state index contributed by atoms with van der Waals surface area (Å²) in [5.74, 6) is 0. The molecule has 2 aromatic rings. The predicted molar refractivity (Wildman–Crippen MR) is 31.8 cm³/mol. The number of nitrogens with zero attached hydrogens (tertiary/aromatic N) is 3. The van der Waals surface area contributed by atoms with E-state index in [0.29, 0.717) is 11.2 Å². The SMILES string of the molecule is [O]c1ncc2nc[nH]c2n1. The molecule has 5 heteroatoms. The number of fused-ring (bicyclic) bond motifs is 1. The van der Waals surface area contributed by atoms with E-state index >= 15 is 0 Å². The van der Waals surface area contributed by atoms with E-state index in [1.807, 2.05) is 0 Å². The molecule has 1 N–H and O–H groups in total. The van der Waals surface area contributed by atoms with E-state index in [1.165, 1.54) is 12.5 Å². The molecule has 0 aromatic carbocycles. The largest absolute Gasteiger partial charge is 0.369 e. The van der Waals surface area contributed by atoms with Crippen LogP contribution in [0.4, 0.5) is 0 Å². The number of aromatic nitrogens is 4. The molecule has 0 unspecified atom stereocenters. The molecule has 0 aliphatic heterocycles. The first-order chi connectivity index (χ1) is 4.86. The number of H-pyrrole nitrogens is 1. The van der Waals surface area contributed by atoms with Crippen LogP contribution in [0.1, 0.15) is 0 Å². The molecule has 49 valence electrons. The lowest BCUT2D eigenvalue weighted by Crippen LogP contribution is -1.79. The molecular weight excluding hydrogens is 132 g/mol. The molecule has 5 nitrogen and oxygen atoms in total. The number of hydrogen-bond donors (Lipinski definition) is 1. The molecule has 2 aromatic heterocycles. The standard InChI is InChI=1S/C5H3N4O/c10-5-6-1-3-4(9-5)8-2-7-3/h1-2H,(H,6,7,8,9). The lowest BCUT2D eigenvalue weighted by Gasteiger charge is -1.83. The molecule has 0 fully saturated rings. The zero-order valence-electron chi connectivity index (χ0n) is 4.90. The predicted octanol–water partition coefficient (Wildman–Crippen LogP) is 0.497. The van der Waals surface area contributed by atoms with Crippen molar-refractivity contribution in [3.05, 3.63) is 12.5 Å². The minimum Gasteiger partial charge on any atom is -0.329 e. The van der Waals surface area contributed by atoms with Gasteiger partial charge < -0.3 is 4.98 Å². The Hall–Kier alpha value is -1.65. The molecule has 0 aliphatic rings. The normalized spacial score (nSPS) is 10.4. The van der Waals surface area contributed by atoms with Gasteiger partial charge >= 0.3 is 6.01 Å². The summed E-state index contributed by atoms with van der Waals surface area (Å²) in [6.45, 7) is 0. The van der Waals surface area contributed by atoms with Crippen LogP contribution in [0.2, 0.25) is 0 Å². The summed E-state index contributed by atoms with van der Waals surface area (Å²) in [7, 11) is 0. The van der Waals surface area contributed by atoms with Crippen LogP contribution in [0, 0.1) is 0 Å². The molecule has 0 saturated carbocycles. The fourth-order valence-corrected chi connectivity index (χ4v) is 0.723. The summed E-state index contributed by atoms with van der Waals surface area (Å²) in [6, 6.07) is -0.489. The summed E-state index contributed by atoms with van der Waals surface area (Å²) in [6.07, 6.45) is 2.86. The van der Waals surface area contributed by atoms with Crippen LogP contribution in [0.25, 0.3) is 11.2 Å². The van der Waals surface area contributed by atoms with Crippen molar-refractivity contribution in [3.8, 4) is 6.01 Å². The number of rotatable bonds is 0. The van der Waals surface area contributed by atoms with Crippen LogP contribution in [0.3, 0.4) is 0 Å². The number of nitrogens with one attached hydrogen (secondary N) is 1. The van der Waals surface area contributed by atoms with E-state index in [2.05, 4.69) is 19.9 Å². The van der Waals surface area contributed by atoms with Crippen LogP contribution in [0.15, 0.2) is 12.5 Å². The highest BCUT2D eigenvalue weighted by Gasteiger charge is 1.98. The molecule has 0 spiro atoms. The van der Waals surface area contributed by atoms with Crippen molar-refractivity contribution in [2.75, 3.05) is 0 Å². The summed E-state index contributed by atoms with van der Waals surface area (Å²) in [5, 5.41) is 10.5. The van der Waals surface area contributed by atoms with Gasteiger partial charge in [-0.25, -0.2) is 10.1 Å². The molecule has 2 heterocycles. The summed E-state index contributed by atoms with van der Waals surface area (Å²) in [5.41, 5.74) is 1.10. The fourth-order valence-electron chi connectivity index (χ4n) is 0.723. The maximum absolute atomic E-state index is 10.5. The van der Waals surface area contributed by atoms with Gasteiger partial charge in [-0.2, -0.15) is 9.97 Å². The van der Waals surface area contributed by atoms with Crippen LogP contribution >= 0.6 is 0 Å². The summed E-state index contributed by atoms with van der Waals surface area (Å²) in [4.78, 5) is 13.5. The molecule has 10 heavy (non-hydrogen) atoms. The van der Waals surface area contributed by atoms with Crippen molar-refractivity contribution in [2.45, 2.75) is 0 Å². The number of imidazole rings is 1. The zero-order chi connectivity index (χ0) is 6.97. The van der Waals surface area contributed by atoms with Gasteiger partial charge in [-0.05, 0) is 0 Å². The first-order valence-corrected chi connectivity index (χ1v) is 2.69. The first-order valence-electron chi connectivity index (χ1n) is 2.69. The molecule has 0 atom stereocenters. The Morgan fingerprint density at radius 2 is 2.30 bits per heavy atom. The third-order valence-electron chi connectivity index (χ3n) is 1.15. The van der Waals surface area contributed by atoms with Crippen molar-refractivity contribution in [3.63, 3.8) is 0 Å². The molecule has 0 amide bonds. The Morgan fingerprint density at radius 1 is 1.40 bits per heavy atom. The minimum absolute atomic E-state index is 0.486. The molecule has 0 aliphatic carbocycles. The van der Waals surface area contributed by atoms with Gasteiger partial charge in [-0.3, -0.25) is 0 Å². The van der Waals surface area contributed by atoms with E-state index in [4.69, 9.17) is 0 Å². The Bertz CT molecular complexity index is 355. The van der Waals surface area contributed by atoms with Crippen molar-refractivity contribution >= 4 is 11.2 Å². The van der Waals surface area contributed by atoms with Crippen molar-refractivity contribution in [1.29, 1.82) is 0 Å². The smallest absolute Gasteiger partial charge is 0.329 e. The van der Waals surface area contributed by atoms with Crippen LogP contribution in [-0.4, -0.2) is 19.9 Å². The first kappa shape index (κ1) is 5.16. The average molecular weight is 135 g/mol. The van der Waals surface area contributed by atoms with Gasteiger partial charge in [0.15, 0.2) is 5.65 Å². The molecule has 1 radical (unpaired) electrons. The van der Waals surface area contributed by atoms with E-state index in [0.717, 1.165) is 0 Å². The second-order valence-corrected chi connectivity index (χ2v) is 1.79.